The van der Waals surface area contributed by atoms with Crippen molar-refractivity contribution >= 4 is 11.6 Å². The van der Waals surface area contributed by atoms with E-state index >= 15 is 0 Å². The number of hydrogen-bond donors (Lipinski definition) is 2. The number of phenols is 1. The van der Waals surface area contributed by atoms with Gasteiger partial charge in [0.25, 0.3) is 0 Å². The van der Waals surface area contributed by atoms with Crippen LogP contribution in [-0.2, 0) is 6.54 Å². The van der Waals surface area contributed by atoms with Crippen LogP contribution in [0.25, 0.3) is 0 Å². The summed E-state index contributed by atoms with van der Waals surface area (Å²) in [6.07, 6.45) is 0. The van der Waals surface area contributed by atoms with Crippen molar-refractivity contribution in [1.82, 2.24) is 10.2 Å². The molecule has 0 unspecified atom stereocenters. The van der Waals surface area contributed by atoms with Crippen LogP contribution in [0, 0.1) is 5.82 Å². The Morgan fingerprint density at radius 1 is 1.14 bits per heavy atom. The summed E-state index contributed by atoms with van der Waals surface area (Å²) >= 11 is 0. The first-order valence-corrected chi connectivity index (χ1v) is 9.50. The molecule has 1 heterocycles. The molecule has 0 aliphatic carbocycles. The predicted molar refractivity (Wildman–Crippen MR) is 110 cm³/mol. The highest BCUT2D eigenvalue weighted by Crippen LogP contribution is 2.26. The van der Waals surface area contributed by atoms with E-state index in [2.05, 4.69) is 15.1 Å². The van der Waals surface area contributed by atoms with Crippen molar-refractivity contribution in [2.45, 2.75) is 13.5 Å². The van der Waals surface area contributed by atoms with Crippen molar-refractivity contribution < 1.29 is 14.2 Å². The van der Waals surface area contributed by atoms with Crippen LogP contribution in [0.5, 0.6) is 11.5 Å². The number of halogens is 1. The van der Waals surface area contributed by atoms with E-state index in [0.29, 0.717) is 12.3 Å². The van der Waals surface area contributed by atoms with E-state index in [4.69, 9.17) is 9.73 Å². The van der Waals surface area contributed by atoms with Crippen molar-refractivity contribution in [2.24, 2.45) is 4.99 Å². The molecular formula is C21H27FN4O2. The number of nitrogens with zero attached hydrogens (tertiary/aromatic N) is 3. The zero-order valence-electron chi connectivity index (χ0n) is 16.4. The fourth-order valence-corrected chi connectivity index (χ4v) is 3.25. The Kier molecular flexibility index (Phi) is 6.57. The number of anilines is 1. The zero-order valence-corrected chi connectivity index (χ0v) is 16.4. The number of piperazine rings is 1. The molecular weight excluding hydrogens is 359 g/mol. The fourth-order valence-electron chi connectivity index (χ4n) is 3.25. The summed E-state index contributed by atoms with van der Waals surface area (Å²) in [6.45, 7) is 6.65. The maximum atomic E-state index is 13.1. The van der Waals surface area contributed by atoms with E-state index in [0.717, 1.165) is 49.9 Å². The third kappa shape index (κ3) is 4.85. The van der Waals surface area contributed by atoms with Crippen molar-refractivity contribution in [1.29, 1.82) is 0 Å². The standard InChI is InChI=1S/C21H27FN4O2/c1-3-23-21(24-15-16-4-9-20(28-2)19(27)14-16)26-12-10-25(11-13-26)18-7-5-17(22)6-8-18/h4-9,14,27H,3,10-13,15H2,1-2H3,(H,23,24). The Bertz CT molecular complexity index is 803. The van der Waals surface area contributed by atoms with Crippen molar-refractivity contribution in [3.63, 3.8) is 0 Å². The van der Waals surface area contributed by atoms with Gasteiger partial charge in [-0.2, -0.15) is 0 Å². The van der Waals surface area contributed by atoms with Crippen molar-refractivity contribution in [3.8, 4) is 11.5 Å². The Balaban J connectivity index is 1.63. The molecule has 2 aromatic rings. The number of aromatic hydroxyl groups is 1. The Morgan fingerprint density at radius 2 is 1.86 bits per heavy atom. The van der Waals surface area contributed by atoms with Gasteiger partial charge in [0.15, 0.2) is 17.5 Å². The summed E-state index contributed by atoms with van der Waals surface area (Å²) < 4.78 is 18.2. The minimum atomic E-state index is -0.214. The second-order valence-corrected chi connectivity index (χ2v) is 6.63. The molecule has 0 amide bonds. The SMILES string of the molecule is CCNC(=NCc1ccc(OC)c(O)c1)N1CCN(c2ccc(F)cc2)CC1. The number of phenolic OH excluding ortho intramolecular Hbond substituents is 1. The highest BCUT2D eigenvalue weighted by atomic mass is 19.1. The number of aliphatic imine (C=N–C) groups is 1. The normalized spacial score (nSPS) is 14.9. The lowest BCUT2D eigenvalue weighted by Gasteiger charge is -2.37. The molecule has 6 nitrogen and oxygen atoms in total. The Labute approximate surface area is 165 Å². The third-order valence-electron chi connectivity index (χ3n) is 4.76. The lowest BCUT2D eigenvalue weighted by atomic mass is 10.2. The molecule has 28 heavy (non-hydrogen) atoms. The summed E-state index contributed by atoms with van der Waals surface area (Å²) in [5.74, 6) is 1.22. The molecule has 2 aromatic carbocycles. The quantitative estimate of drug-likeness (QED) is 0.611. The van der Waals surface area contributed by atoms with Gasteiger partial charge in [-0.25, -0.2) is 9.38 Å². The van der Waals surface area contributed by atoms with E-state index in [1.54, 1.807) is 12.1 Å². The maximum absolute atomic E-state index is 13.1. The zero-order chi connectivity index (χ0) is 19.9. The number of guanidine groups is 1. The lowest BCUT2D eigenvalue weighted by Crippen LogP contribution is -2.52. The van der Waals surface area contributed by atoms with Crippen LogP contribution < -0.4 is 15.0 Å². The van der Waals surface area contributed by atoms with Crippen LogP contribution in [0.4, 0.5) is 10.1 Å². The van der Waals surface area contributed by atoms with E-state index in [9.17, 15) is 9.50 Å². The number of ether oxygens (including phenoxy) is 1. The van der Waals surface area contributed by atoms with Crippen LogP contribution in [-0.4, -0.2) is 55.8 Å². The van der Waals surface area contributed by atoms with Gasteiger partial charge in [0, 0.05) is 38.4 Å². The minimum Gasteiger partial charge on any atom is -0.504 e. The molecule has 0 radical (unpaired) electrons. The topological polar surface area (TPSA) is 60.3 Å². The van der Waals surface area contributed by atoms with E-state index in [1.807, 2.05) is 25.1 Å². The van der Waals surface area contributed by atoms with Crippen LogP contribution in [0.15, 0.2) is 47.5 Å². The number of benzene rings is 2. The monoisotopic (exact) mass is 386 g/mol. The van der Waals surface area contributed by atoms with E-state index in [-0.39, 0.29) is 11.6 Å². The third-order valence-corrected chi connectivity index (χ3v) is 4.76. The predicted octanol–water partition coefficient (Wildman–Crippen LogP) is 2.83. The molecule has 0 saturated carbocycles. The molecule has 0 spiro atoms. The largest absolute Gasteiger partial charge is 0.504 e. The summed E-state index contributed by atoms with van der Waals surface area (Å²) in [4.78, 5) is 9.20. The summed E-state index contributed by atoms with van der Waals surface area (Å²) in [5, 5.41) is 13.3. The molecule has 1 saturated heterocycles. The molecule has 150 valence electrons. The van der Waals surface area contributed by atoms with Gasteiger partial charge in [-0.1, -0.05) is 6.07 Å². The summed E-state index contributed by atoms with van der Waals surface area (Å²) in [5.41, 5.74) is 1.95. The molecule has 1 aliphatic rings. The molecule has 3 rings (SSSR count). The van der Waals surface area contributed by atoms with Crippen LogP contribution >= 0.6 is 0 Å². The molecule has 0 bridgehead atoms. The molecule has 1 fully saturated rings. The van der Waals surface area contributed by atoms with Crippen LogP contribution in [0.3, 0.4) is 0 Å². The minimum absolute atomic E-state index is 0.119. The van der Waals surface area contributed by atoms with Gasteiger partial charge in [0.05, 0.1) is 13.7 Å². The Morgan fingerprint density at radius 3 is 2.46 bits per heavy atom. The van der Waals surface area contributed by atoms with Gasteiger partial charge in [0.2, 0.25) is 0 Å². The molecule has 7 heteroatoms. The van der Waals surface area contributed by atoms with Crippen LogP contribution in [0.2, 0.25) is 0 Å². The van der Waals surface area contributed by atoms with Crippen LogP contribution in [0.1, 0.15) is 12.5 Å². The molecule has 1 aliphatic heterocycles. The number of hydrogen-bond acceptors (Lipinski definition) is 4. The van der Waals surface area contributed by atoms with Crippen molar-refractivity contribution in [3.05, 3.63) is 53.8 Å². The maximum Gasteiger partial charge on any atom is 0.194 e. The summed E-state index contributed by atoms with van der Waals surface area (Å²) in [7, 11) is 1.53. The average Bonchev–Trinajstić information content (AvgIpc) is 2.72. The summed E-state index contributed by atoms with van der Waals surface area (Å²) in [6, 6.07) is 12.0. The van der Waals surface area contributed by atoms with Gasteiger partial charge in [-0.3, -0.25) is 0 Å². The molecule has 2 N–H and O–H groups in total. The number of methoxy groups -OCH3 is 1. The second kappa shape index (κ2) is 9.30. The fraction of sp³-hybridized carbons (Fsp3) is 0.381. The number of nitrogens with one attached hydrogen (secondary N) is 1. The lowest BCUT2D eigenvalue weighted by molar-refractivity contribution is 0.371. The van der Waals surface area contributed by atoms with E-state index in [1.165, 1.54) is 19.2 Å². The molecule has 0 atom stereocenters. The Hall–Kier alpha value is -2.96. The van der Waals surface area contributed by atoms with Gasteiger partial charge in [-0.05, 0) is 48.9 Å². The first-order chi connectivity index (χ1) is 13.6. The van der Waals surface area contributed by atoms with Gasteiger partial charge in [-0.15, -0.1) is 0 Å². The number of rotatable bonds is 5. The smallest absolute Gasteiger partial charge is 0.194 e. The highest BCUT2D eigenvalue weighted by Gasteiger charge is 2.20. The molecule has 0 aromatic heterocycles. The van der Waals surface area contributed by atoms with Crippen molar-refractivity contribution in [2.75, 3.05) is 44.7 Å². The highest BCUT2D eigenvalue weighted by molar-refractivity contribution is 5.80. The van der Waals surface area contributed by atoms with E-state index < -0.39 is 0 Å². The van der Waals surface area contributed by atoms with Gasteiger partial charge in [0.1, 0.15) is 5.82 Å². The first kappa shape index (κ1) is 19.8. The van der Waals surface area contributed by atoms with Gasteiger partial charge < -0.3 is 25.0 Å². The second-order valence-electron chi connectivity index (χ2n) is 6.63. The first-order valence-electron chi connectivity index (χ1n) is 9.50. The van der Waals surface area contributed by atoms with Gasteiger partial charge >= 0.3 is 0 Å². The average molecular weight is 386 g/mol.